The number of hydrogen-bond acceptors (Lipinski definition) is 3. The first-order valence-electron chi connectivity index (χ1n) is 7.04. The maximum atomic E-state index is 5.84. The highest BCUT2D eigenvalue weighted by atomic mass is 15.1. The van der Waals surface area contributed by atoms with E-state index in [0.29, 0.717) is 6.04 Å². The zero-order valence-corrected chi connectivity index (χ0v) is 11.6. The molecule has 3 N–H and O–H groups in total. The highest BCUT2D eigenvalue weighted by molar-refractivity contribution is 5.57. The number of nitrogens with one attached hydrogen (secondary N) is 1. The van der Waals surface area contributed by atoms with Gasteiger partial charge in [0.05, 0.1) is 0 Å². The Balaban J connectivity index is 1.85. The van der Waals surface area contributed by atoms with Crippen LogP contribution >= 0.6 is 0 Å². The molecular weight excluding hydrogens is 222 g/mol. The molecule has 0 radical (unpaired) electrons. The second-order valence-corrected chi connectivity index (χ2v) is 5.33. The number of likely N-dealkylation sites (tertiary alicyclic amines) is 1. The summed E-state index contributed by atoms with van der Waals surface area (Å²) in [5.41, 5.74) is 9.07. The summed E-state index contributed by atoms with van der Waals surface area (Å²) in [6.45, 7) is 8.00. The van der Waals surface area contributed by atoms with E-state index < -0.39 is 0 Å². The van der Waals surface area contributed by atoms with Gasteiger partial charge in [-0.05, 0) is 56.5 Å². The molecule has 1 heterocycles. The summed E-state index contributed by atoms with van der Waals surface area (Å²) in [7, 11) is 0. The SMILES string of the molecule is CCCN1CCC(Nc2ccc(N)c(C)c2)CC1. The van der Waals surface area contributed by atoms with Crippen molar-refractivity contribution in [1.29, 1.82) is 0 Å². The molecule has 1 aliphatic rings. The van der Waals surface area contributed by atoms with Crippen molar-refractivity contribution in [2.45, 2.75) is 39.2 Å². The first kappa shape index (κ1) is 13.2. The summed E-state index contributed by atoms with van der Waals surface area (Å²) in [5.74, 6) is 0. The first-order valence-corrected chi connectivity index (χ1v) is 7.04. The van der Waals surface area contributed by atoms with Gasteiger partial charge >= 0.3 is 0 Å². The van der Waals surface area contributed by atoms with Gasteiger partial charge in [0.25, 0.3) is 0 Å². The normalized spacial score (nSPS) is 17.9. The lowest BCUT2D eigenvalue weighted by atomic mass is 10.0. The van der Waals surface area contributed by atoms with Crippen molar-refractivity contribution in [2.24, 2.45) is 0 Å². The largest absolute Gasteiger partial charge is 0.399 e. The molecule has 0 saturated carbocycles. The lowest BCUT2D eigenvalue weighted by molar-refractivity contribution is 0.219. The van der Waals surface area contributed by atoms with Gasteiger partial charge in [0.1, 0.15) is 0 Å². The van der Waals surface area contributed by atoms with Crippen LogP contribution in [0.4, 0.5) is 11.4 Å². The van der Waals surface area contributed by atoms with Crippen molar-refractivity contribution in [3.63, 3.8) is 0 Å². The quantitative estimate of drug-likeness (QED) is 0.804. The Labute approximate surface area is 110 Å². The Bertz CT molecular complexity index is 381. The van der Waals surface area contributed by atoms with Crippen LogP contribution in [-0.2, 0) is 0 Å². The van der Waals surface area contributed by atoms with E-state index in [4.69, 9.17) is 5.73 Å². The predicted molar refractivity (Wildman–Crippen MR) is 79.0 cm³/mol. The molecule has 1 aliphatic heterocycles. The number of piperidine rings is 1. The zero-order chi connectivity index (χ0) is 13.0. The van der Waals surface area contributed by atoms with Crippen molar-refractivity contribution in [3.05, 3.63) is 23.8 Å². The van der Waals surface area contributed by atoms with Crippen LogP contribution in [0.5, 0.6) is 0 Å². The van der Waals surface area contributed by atoms with E-state index in [1.165, 1.54) is 44.6 Å². The molecule has 1 saturated heterocycles. The Kier molecular flexibility index (Phi) is 4.48. The Morgan fingerprint density at radius 3 is 2.67 bits per heavy atom. The minimum Gasteiger partial charge on any atom is -0.399 e. The lowest BCUT2D eigenvalue weighted by Gasteiger charge is -2.32. The molecule has 0 unspecified atom stereocenters. The number of hydrogen-bond donors (Lipinski definition) is 2. The van der Waals surface area contributed by atoms with Crippen LogP contribution in [0.1, 0.15) is 31.7 Å². The molecule has 2 rings (SSSR count). The lowest BCUT2D eigenvalue weighted by Crippen LogP contribution is -2.39. The maximum Gasteiger partial charge on any atom is 0.0346 e. The van der Waals surface area contributed by atoms with Gasteiger partial charge < -0.3 is 16.0 Å². The average molecular weight is 247 g/mol. The number of aryl methyl sites for hydroxylation is 1. The standard InChI is InChI=1S/C15H25N3/c1-3-8-18-9-6-13(7-10-18)17-14-4-5-15(16)12(2)11-14/h4-5,11,13,17H,3,6-10,16H2,1-2H3. The van der Waals surface area contributed by atoms with Crippen LogP contribution in [0, 0.1) is 6.92 Å². The van der Waals surface area contributed by atoms with Crippen molar-refractivity contribution in [1.82, 2.24) is 4.90 Å². The fourth-order valence-electron chi connectivity index (χ4n) is 2.62. The van der Waals surface area contributed by atoms with Gasteiger partial charge in [-0.15, -0.1) is 0 Å². The van der Waals surface area contributed by atoms with Gasteiger partial charge in [0, 0.05) is 30.5 Å². The topological polar surface area (TPSA) is 41.3 Å². The predicted octanol–water partition coefficient (Wildman–Crippen LogP) is 2.86. The summed E-state index contributed by atoms with van der Waals surface area (Å²) < 4.78 is 0. The summed E-state index contributed by atoms with van der Waals surface area (Å²) in [4.78, 5) is 2.56. The van der Waals surface area contributed by atoms with E-state index in [2.05, 4.69) is 36.2 Å². The number of nitrogens with zero attached hydrogens (tertiary/aromatic N) is 1. The van der Waals surface area contributed by atoms with E-state index in [0.717, 1.165) is 11.3 Å². The van der Waals surface area contributed by atoms with E-state index >= 15 is 0 Å². The van der Waals surface area contributed by atoms with Crippen molar-refractivity contribution >= 4 is 11.4 Å². The number of nitrogen functional groups attached to an aromatic ring is 1. The van der Waals surface area contributed by atoms with Crippen molar-refractivity contribution in [2.75, 3.05) is 30.7 Å². The third kappa shape index (κ3) is 3.39. The van der Waals surface area contributed by atoms with Gasteiger partial charge in [0.2, 0.25) is 0 Å². The summed E-state index contributed by atoms with van der Waals surface area (Å²) in [6.07, 6.45) is 3.74. The van der Waals surface area contributed by atoms with Crippen molar-refractivity contribution in [3.8, 4) is 0 Å². The van der Waals surface area contributed by atoms with Crippen LogP contribution in [0.3, 0.4) is 0 Å². The molecule has 0 amide bonds. The molecule has 0 bridgehead atoms. The maximum absolute atomic E-state index is 5.84. The van der Waals surface area contributed by atoms with Gasteiger partial charge in [-0.25, -0.2) is 0 Å². The average Bonchev–Trinajstić information content (AvgIpc) is 2.37. The van der Waals surface area contributed by atoms with Gasteiger partial charge in [-0.3, -0.25) is 0 Å². The van der Waals surface area contributed by atoms with Crippen LogP contribution in [0.25, 0.3) is 0 Å². The van der Waals surface area contributed by atoms with E-state index in [9.17, 15) is 0 Å². The minimum absolute atomic E-state index is 0.612. The molecule has 100 valence electrons. The first-order chi connectivity index (χ1) is 8.69. The van der Waals surface area contributed by atoms with Gasteiger partial charge in [-0.2, -0.15) is 0 Å². The second-order valence-electron chi connectivity index (χ2n) is 5.33. The number of anilines is 2. The second kappa shape index (κ2) is 6.10. The van der Waals surface area contributed by atoms with Gasteiger partial charge in [-0.1, -0.05) is 6.92 Å². The van der Waals surface area contributed by atoms with E-state index in [1.807, 2.05) is 6.07 Å². The van der Waals surface area contributed by atoms with Gasteiger partial charge in [0.15, 0.2) is 0 Å². The number of rotatable bonds is 4. The van der Waals surface area contributed by atoms with Crippen LogP contribution in [0.15, 0.2) is 18.2 Å². The van der Waals surface area contributed by atoms with Crippen LogP contribution in [0.2, 0.25) is 0 Å². The molecule has 1 aromatic carbocycles. The Morgan fingerprint density at radius 2 is 2.06 bits per heavy atom. The minimum atomic E-state index is 0.612. The van der Waals surface area contributed by atoms with Crippen molar-refractivity contribution < 1.29 is 0 Å². The smallest absolute Gasteiger partial charge is 0.0346 e. The molecule has 0 aliphatic carbocycles. The fourth-order valence-corrected chi connectivity index (χ4v) is 2.62. The third-order valence-electron chi connectivity index (χ3n) is 3.77. The Hall–Kier alpha value is -1.22. The molecular formula is C15H25N3. The molecule has 3 nitrogen and oxygen atoms in total. The monoisotopic (exact) mass is 247 g/mol. The van der Waals surface area contributed by atoms with E-state index in [-0.39, 0.29) is 0 Å². The molecule has 0 spiro atoms. The summed E-state index contributed by atoms with van der Waals surface area (Å²) in [6, 6.07) is 6.83. The highest BCUT2D eigenvalue weighted by Gasteiger charge is 2.18. The molecule has 3 heteroatoms. The van der Waals surface area contributed by atoms with E-state index in [1.54, 1.807) is 0 Å². The molecule has 0 aromatic heterocycles. The molecule has 0 atom stereocenters. The highest BCUT2D eigenvalue weighted by Crippen LogP contribution is 2.20. The molecule has 1 aromatic rings. The zero-order valence-electron chi connectivity index (χ0n) is 11.6. The summed E-state index contributed by atoms with van der Waals surface area (Å²) in [5, 5.41) is 3.63. The van der Waals surface area contributed by atoms with Crippen LogP contribution in [-0.4, -0.2) is 30.6 Å². The molecule has 18 heavy (non-hydrogen) atoms. The number of nitrogens with two attached hydrogens (primary N) is 1. The number of benzene rings is 1. The molecule has 1 fully saturated rings. The summed E-state index contributed by atoms with van der Waals surface area (Å²) >= 11 is 0. The third-order valence-corrected chi connectivity index (χ3v) is 3.77. The van der Waals surface area contributed by atoms with Crippen LogP contribution < -0.4 is 11.1 Å². The fraction of sp³-hybridized carbons (Fsp3) is 0.600. The Morgan fingerprint density at radius 1 is 1.33 bits per heavy atom.